The fourth-order valence-electron chi connectivity index (χ4n) is 1.19. The van der Waals surface area contributed by atoms with Crippen LogP contribution in [0.15, 0.2) is 46.7 Å². The summed E-state index contributed by atoms with van der Waals surface area (Å²) >= 11 is 0. The molecular weight excluding hydrogens is 304 g/mol. The Bertz CT molecular complexity index is 575. The Hall–Kier alpha value is -2.20. The molecule has 0 aliphatic carbocycles. The van der Waals surface area contributed by atoms with E-state index in [1.165, 1.54) is 46.1 Å². The molecule has 0 atom stereocenters. The van der Waals surface area contributed by atoms with E-state index in [1.54, 1.807) is 12.1 Å². The molecule has 0 unspecified atom stereocenters. The van der Waals surface area contributed by atoms with Crippen LogP contribution in [0.25, 0.3) is 0 Å². The summed E-state index contributed by atoms with van der Waals surface area (Å²) in [5.74, 6) is 0. The molecule has 0 aliphatic rings. The van der Waals surface area contributed by atoms with Crippen molar-refractivity contribution in [3.63, 3.8) is 0 Å². The van der Waals surface area contributed by atoms with E-state index < -0.39 is 9.85 Å². The van der Waals surface area contributed by atoms with Crippen molar-refractivity contribution in [1.82, 2.24) is 4.98 Å². The molecular formula is C10H7N4O4S2+. The third kappa shape index (κ3) is 3.65. The van der Waals surface area contributed by atoms with E-state index in [0.717, 1.165) is 0 Å². The molecule has 0 fully saturated rings. The third-order valence-corrected chi connectivity index (χ3v) is 4.36. The highest BCUT2D eigenvalue weighted by Gasteiger charge is 2.12. The fourth-order valence-corrected chi connectivity index (χ4v) is 2.94. The van der Waals surface area contributed by atoms with Gasteiger partial charge in [0.15, 0.2) is 0 Å². The van der Waals surface area contributed by atoms with Gasteiger partial charge in [0.05, 0.1) is 9.85 Å². The van der Waals surface area contributed by atoms with Gasteiger partial charge < -0.3 is 0 Å². The quantitative estimate of drug-likeness (QED) is 0.473. The predicted octanol–water partition coefficient (Wildman–Crippen LogP) is 2.51. The van der Waals surface area contributed by atoms with Crippen LogP contribution in [-0.4, -0.2) is 14.8 Å². The van der Waals surface area contributed by atoms with E-state index in [0.29, 0.717) is 10.1 Å². The first kappa shape index (κ1) is 14.2. The highest BCUT2D eigenvalue weighted by atomic mass is 33.1. The number of H-pyrrole nitrogens is 1. The van der Waals surface area contributed by atoms with Gasteiger partial charge in [0.2, 0.25) is 11.2 Å². The SMILES string of the molecule is O=[N+]([O-])c1ccc(SSc2ccc([N+](=O)[O-])c[nH+]2)nc1. The third-order valence-electron chi connectivity index (χ3n) is 2.13. The molecule has 10 heteroatoms. The summed E-state index contributed by atoms with van der Waals surface area (Å²) in [4.78, 5) is 26.7. The fraction of sp³-hybridized carbons (Fsp3) is 0. The highest BCUT2D eigenvalue weighted by Crippen LogP contribution is 2.34. The van der Waals surface area contributed by atoms with Gasteiger partial charge in [-0.05, 0) is 16.9 Å². The second kappa shape index (κ2) is 6.30. The number of hydrogen-bond acceptors (Lipinski definition) is 7. The van der Waals surface area contributed by atoms with E-state index in [9.17, 15) is 20.2 Å². The van der Waals surface area contributed by atoms with Crippen LogP contribution in [0, 0.1) is 20.2 Å². The molecule has 20 heavy (non-hydrogen) atoms. The first-order valence-electron chi connectivity index (χ1n) is 5.17. The number of aromatic amines is 1. The number of pyridine rings is 2. The Morgan fingerprint density at radius 3 is 2.20 bits per heavy atom. The lowest BCUT2D eigenvalue weighted by molar-refractivity contribution is -0.448. The summed E-state index contributed by atoms with van der Waals surface area (Å²) in [6, 6.07) is 5.89. The second-order valence-electron chi connectivity index (χ2n) is 3.45. The van der Waals surface area contributed by atoms with Gasteiger partial charge in [0.25, 0.3) is 5.69 Å². The zero-order valence-corrected chi connectivity index (χ0v) is 11.4. The Morgan fingerprint density at radius 2 is 1.70 bits per heavy atom. The lowest BCUT2D eigenvalue weighted by atomic mass is 10.4. The lowest BCUT2D eigenvalue weighted by Crippen LogP contribution is -2.05. The zero-order valence-electron chi connectivity index (χ0n) is 9.76. The van der Waals surface area contributed by atoms with Gasteiger partial charge in [-0.3, -0.25) is 20.2 Å². The number of rotatable bonds is 5. The molecule has 1 N–H and O–H groups in total. The first-order valence-corrected chi connectivity index (χ1v) is 7.32. The van der Waals surface area contributed by atoms with Crippen molar-refractivity contribution >= 4 is 33.0 Å². The predicted molar refractivity (Wildman–Crippen MR) is 72.3 cm³/mol. The van der Waals surface area contributed by atoms with Crippen molar-refractivity contribution in [2.75, 3.05) is 0 Å². The van der Waals surface area contributed by atoms with Crippen LogP contribution in [-0.2, 0) is 0 Å². The summed E-state index contributed by atoms with van der Waals surface area (Å²) in [5, 5.41) is 22.3. The van der Waals surface area contributed by atoms with Crippen molar-refractivity contribution < 1.29 is 14.8 Å². The van der Waals surface area contributed by atoms with Crippen LogP contribution in [0.1, 0.15) is 0 Å². The van der Waals surface area contributed by atoms with E-state index in [1.807, 2.05) is 0 Å². The number of hydrogen-bond donors (Lipinski definition) is 0. The summed E-state index contributed by atoms with van der Waals surface area (Å²) in [6.45, 7) is 0. The van der Waals surface area contributed by atoms with Gasteiger partial charge in [-0.1, -0.05) is 0 Å². The molecule has 0 bridgehead atoms. The summed E-state index contributed by atoms with van der Waals surface area (Å²) in [5.41, 5.74) is -0.0888. The first-order chi connectivity index (χ1) is 9.56. The number of nitrogens with zero attached hydrogens (tertiary/aromatic N) is 3. The molecule has 2 heterocycles. The molecule has 102 valence electrons. The minimum atomic E-state index is -0.515. The van der Waals surface area contributed by atoms with Crippen LogP contribution >= 0.6 is 21.6 Å². The van der Waals surface area contributed by atoms with Gasteiger partial charge in [-0.25, -0.2) is 4.98 Å². The van der Waals surface area contributed by atoms with E-state index in [2.05, 4.69) is 9.97 Å². The minimum Gasteiger partial charge on any atom is -0.258 e. The Balaban J connectivity index is 1.97. The molecule has 8 nitrogen and oxygen atoms in total. The molecule has 0 aliphatic heterocycles. The van der Waals surface area contributed by atoms with Crippen molar-refractivity contribution in [1.29, 1.82) is 0 Å². The minimum absolute atomic E-state index is 0.0205. The van der Waals surface area contributed by atoms with Crippen molar-refractivity contribution in [2.24, 2.45) is 0 Å². The molecule has 2 aromatic rings. The van der Waals surface area contributed by atoms with Gasteiger partial charge in [0.1, 0.15) is 11.2 Å². The zero-order chi connectivity index (χ0) is 14.5. The van der Waals surface area contributed by atoms with Gasteiger partial charge in [-0.15, -0.1) is 0 Å². The molecule has 0 spiro atoms. The van der Waals surface area contributed by atoms with E-state index >= 15 is 0 Å². The molecule has 0 saturated carbocycles. The lowest BCUT2D eigenvalue weighted by Gasteiger charge is -1.96. The van der Waals surface area contributed by atoms with Crippen LogP contribution in [0.4, 0.5) is 11.4 Å². The van der Waals surface area contributed by atoms with E-state index in [-0.39, 0.29) is 11.4 Å². The molecule has 0 saturated heterocycles. The molecule has 2 rings (SSSR count). The van der Waals surface area contributed by atoms with Crippen LogP contribution in [0.5, 0.6) is 0 Å². The molecule has 0 aromatic carbocycles. The van der Waals surface area contributed by atoms with E-state index in [4.69, 9.17) is 0 Å². The number of nitro groups is 2. The number of nitrogens with one attached hydrogen (secondary N) is 1. The van der Waals surface area contributed by atoms with Crippen LogP contribution in [0.2, 0.25) is 0 Å². The average molecular weight is 311 g/mol. The number of aromatic nitrogens is 2. The standard InChI is InChI=1S/C10H6N4O4S2/c15-13(16)7-1-3-9(11-5-7)19-20-10-4-2-8(6-12-10)14(17)18/h1-6H/p+1. The largest absolute Gasteiger partial charge is 0.332 e. The molecule has 2 aromatic heterocycles. The molecule has 0 amide bonds. The monoisotopic (exact) mass is 311 g/mol. The normalized spacial score (nSPS) is 10.2. The highest BCUT2D eigenvalue weighted by molar-refractivity contribution is 8.76. The van der Waals surface area contributed by atoms with Crippen molar-refractivity contribution in [3.8, 4) is 0 Å². The topological polar surface area (TPSA) is 113 Å². The van der Waals surface area contributed by atoms with Crippen molar-refractivity contribution in [2.45, 2.75) is 10.1 Å². The maximum Gasteiger partial charge on any atom is 0.332 e. The van der Waals surface area contributed by atoms with Crippen LogP contribution < -0.4 is 4.98 Å². The Kier molecular flexibility index (Phi) is 4.48. The summed E-state index contributed by atoms with van der Waals surface area (Å²) < 4.78 is 0. The average Bonchev–Trinajstić information content (AvgIpc) is 2.46. The maximum atomic E-state index is 10.5. The van der Waals surface area contributed by atoms with Gasteiger partial charge >= 0.3 is 5.69 Å². The smallest absolute Gasteiger partial charge is 0.258 e. The second-order valence-corrected chi connectivity index (χ2v) is 5.64. The summed E-state index contributed by atoms with van der Waals surface area (Å²) in [7, 11) is 2.60. The van der Waals surface area contributed by atoms with Crippen molar-refractivity contribution in [3.05, 3.63) is 56.9 Å². The van der Waals surface area contributed by atoms with Gasteiger partial charge in [-0.2, -0.15) is 4.98 Å². The van der Waals surface area contributed by atoms with Crippen LogP contribution in [0.3, 0.4) is 0 Å². The Morgan fingerprint density at radius 1 is 1.00 bits per heavy atom. The molecule has 0 radical (unpaired) electrons. The summed E-state index contributed by atoms with van der Waals surface area (Å²) in [6.07, 6.45) is 2.48. The maximum absolute atomic E-state index is 10.5. The Labute approximate surface area is 120 Å². The van der Waals surface area contributed by atoms with Gasteiger partial charge in [0, 0.05) is 29.0 Å².